The van der Waals surface area contributed by atoms with E-state index in [-0.39, 0.29) is 16.3 Å². The van der Waals surface area contributed by atoms with Gasteiger partial charge in [0.1, 0.15) is 0 Å². The number of aryl methyl sites for hydroxylation is 2. The van der Waals surface area contributed by atoms with E-state index in [1.807, 2.05) is 19.9 Å². The Bertz CT molecular complexity index is 1020. The Kier molecular flexibility index (Phi) is 6.20. The summed E-state index contributed by atoms with van der Waals surface area (Å²) in [6, 6.07) is 6.27. The van der Waals surface area contributed by atoms with E-state index in [2.05, 4.69) is 10.0 Å². The van der Waals surface area contributed by atoms with Crippen LogP contribution in [0.1, 0.15) is 29.2 Å². The van der Waals surface area contributed by atoms with Crippen LogP contribution in [0.3, 0.4) is 0 Å². The maximum atomic E-state index is 12.9. The molecule has 2 aromatic carbocycles. The van der Waals surface area contributed by atoms with Crippen LogP contribution < -0.4 is 10.0 Å². The summed E-state index contributed by atoms with van der Waals surface area (Å²) in [5.41, 5.74) is 2.98. The summed E-state index contributed by atoms with van der Waals surface area (Å²) >= 11 is 0. The minimum Gasteiger partial charge on any atom is -0.324 e. The first-order valence-corrected chi connectivity index (χ1v) is 10.1. The van der Waals surface area contributed by atoms with Gasteiger partial charge in [-0.3, -0.25) is 14.9 Å². The van der Waals surface area contributed by atoms with Gasteiger partial charge in [-0.2, -0.15) is 4.72 Å². The summed E-state index contributed by atoms with van der Waals surface area (Å²) in [6.45, 7) is 8.53. The number of carbonyl (C=O) groups is 1. The number of nitro groups is 1. The predicted octanol–water partition coefficient (Wildman–Crippen LogP) is 3.13. The number of rotatable bonds is 6. The zero-order valence-corrected chi connectivity index (χ0v) is 17.2. The van der Waals surface area contributed by atoms with E-state index in [0.717, 1.165) is 11.1 Å². The maximum absolute atomic E-state index is 12.9. The lowest BCUT2D eigenvalue weighted by Crippen LogP contribution is -2.42. The molecule has 0 unspecified atom stereocenters. The van der Waals surface area contributed by atoms with E-state index in [1.165, 1.54) is 31.2 Å². The summed E-state index contributed by atoms with van der Waals surface area (Å²) in [7, 11) is -3.94. The number of nitro benzene ring substituents is 1. The van der Waals surface area contributed by atoms with Crippen LogP contribution in [-0.4, -0.2) is 25.3 Å². The third-order valence-electron chi connectivity index (χ3n) is 4.62. The standard InChI is InChI=1S/C19H23N3O5S/c1-11-9-12(2)14(4)18(13(11)3)28(26,27)21-15(5)19(23)20-16-7-6-8-17(10-16)22(24)25/h6-10,15,21H,1-5H3,(H,20,23)/t15-/m0/s1. The Labute approximate surface area is 164 Å². The van der Waals surface area contributed by atoms with Gasteiger partial charge in [-0.05, 0) is 62.9 Å². The molecular weight excluding hydrogens is 382 g/mol. The van der Waals surface area contributed by atoms with Crippen molar-refractivity contribution >= 4 is 27.3 Å². The van der Waals surface area contributed by atoms with Crippen molar-refractivity contribution in [2.75, 3.05) is 5.32 Å². The summed E-state index contributed by atoms with van der Waals surface area (Å²) < 4.78 is 28.2. The average Bonchev–Trinajstić information content (AvgIpc) is 2.59. The topological polar surface area (TPSA) is 118 Å². The number of nitrogens with zero attached hydrogens (tertiary/aromatic N) is 1. The first kappa shape index (κ1) is 21.5. The highest BCUT2D eigenvalue weighted by molar-refractivity contribution is 7.89. The molecule has 1 amide bonds. The Balaban J connectivity index is 2.24. The molecule has 0 radical (unpaired) electrons. The van der Waals surface area contributed by atoms with Crippen molar-refractivity contribution in [3.05, 3.63) is 62.7 Å². The number of benzene rings is 2. The highest BCUT2D eigenvalue weighted by Gasteiger charge is 2.26. The second kappa shape index (κ2) is 8.07. The Hall–Kier alpha value is -2.78. The van der Waals surface area contributed by atoms with Crippen molar-refractivity contribution in [3.8, 4) is 0 Å². The molecule has 0 saturated heterocycles. The van der Waals surface area contributed by atoms with Gasteiger partial charge in [0.2, 0.25) is 15.9 Å². The Morgan fingerprint density at radius 3 is 2.18 bits per heavy atom. The van der Waals surface area contributed by atoms with Gasteiger partial charge in [0, 0.05) is 17.8 Å². The molecule has 2 aromatic rings. The van der Waals surface area contributed by atoms with Crippen molar-refractivity contribution in [1.82, 2.24) is 4.72 Å². The molecule has 0 fully saturated rings. The van der Waals surface area contributed by atoms with Gasteiger partial charge in [0.25, 0.3) is 5.69 Å². The molecule has 2 N–H and O–H groups in total. The molecule has 9 heteroatoms. The third-order valence-corrected chi connectivity index (χ3v) is 6.43. The molecule has 0 aliphatic heterocycles. The second-order valence-corrected chi connectivity index (χ2v) is 8.38. The molecule has 0 saturated carbocycles. The van der Waals surface area contributed by atoms with Crippen LogP contribution in [0, 0.1) is 37.8 Å². The molecule has 28 heavy (non-hydrogen) atoms. The molecule has 0 spiro atoms. The van der Waals surface area contributed by atoms with E-state index in [4.69, 9.17) is 0 Å². The van der Waals surface area contributed by atoms with Gasteiger partial charge in [0.05, 0.1) is 15.9 Å². The number of non-ortho nitro benzene ring substituents is 1. The largest absolute Gasteiger partial charge is 0.324 e. The fourth-order valence-electron chi connectivity index (χ4n) is 2.88. The quantitative estimate of drug-likeness (QED) is 0.565. The van der Waals surface area contributed by atoms with E-state index in [0.29, 0.717) is 11.1 Å². The van der Waals surface area contributed by atoms with Gasteiger partial charge < -0.3 is 5.32 Å². The minimum absolute atomic E-state index is 0.167. The first-order valence-electron chi connectivity index (χ1n) is 8.59. The zero-order valence-electron chi connectivity index (χ0n) is 16.4. The number of anilines is 1. The van der Waals surface area contributed by atoms with Crippen LogP contribution in [0.2, 0.25) is 0 Å². The molecule has 0 bridgehead atoms. The van der Waals surface area contributed by atoms with Gasteiger partial charge in [-0.1, -0.05) is 12.1 Å². The summed E-state index contributed by atoms with van der Waals surface area (Å²) in [5, 5.41) is 13.3. The average molecular weight is 405 g/mol. The maximum Gasteiger partial charge on any atom is 0.271 e. The van der Waals surface area contributed by atoms with E-state index >= 15 is 0 Å². The predicted molar refractivity (Wildman–Crippen MR) is 107 cm³/mol. The summed E-state index contributed by atoms with van der Waals surface area (Å²) in [4.78, 5) is 22.8. The fourth-order valence-corrected chi connectivity index (χ4v) is 4.70. The van der Waals surface area contributed by atoms with Crippen LogP contribution in [0.5, 0.6) is 0 Å². The highest BCUT2D eigenvalue weighted by Crippen LogP contribution is 2.26. The molecule has 2 rings (SSSR count). The molecule has 0 heterocycles. The number of hydrogen-bond acceptors (Lipinski definition) is 5. The van der Waals surface area contributed by atoms with Crippen LogP contribution in [-0.2, 0) is 14.8 Å². The number of carbonyl (C=O) groups excluding carboxylic acids is 1. The first-order chi connectivity index (χ1) is 12.9. The number of nitrogens with one attached hydrogen (secondary N) is 2. The molecule has 0 aliphatic carbocycles. The lowest BCUT2D eigenvalue weighted by molar-refractivity contribution is -0.384. The van der Waals surface area contributed by atoms with Gasteiger partial charge in [-0.25, -0.2) is 8.42 Å². The molecule has 8 nitrogen and oxygen atoms in total. The third kappa shape index (κ3) is 4.55. The number of hydrogen-bond donors (Lipinski definition) is 2. The normalized spacial score (nSPS) is 12.5. The van der Waals surface area contributed by atoms with Crippen molar-refractivity contribution in [2.24, 2.45) is 0 Å². The van der Waals surface area contributed by atoms with Crippen LogP contribution in [0.4, 0.5) is 11.4 Å². The molecule has 150 valence electrons. The van der Waals surface area contributed by atoms with Gasteiger partial charge in [0.15, 0.2) is 0 Å². The Morgan fingerprint density at radius 1 is 1.07 bits per heavy atom. The smallest absolute Gasteiger partial charge is 0.271 e. The fraction of sp³-hybridized carbons (Fsp3) is 0.316. The summed E-state index contributed by atoms with van der Waals surface area (Å²) in [5.74, 6) is -0.622. The van der Waals surface area contributed by atoms with Crippen LogP contribution in [0.15, 0.2) is 35.2 Å². The number of amides is 1. The Morgan fingerprint density at radius 2 is 1.64 bits per heavy atom. The van der Waals surface area contributed by atoms with Gasteiger partial charge in [-0.15, -0.1) is 0 Å². The van der Waals surface area contributed by atoms with Crippen LogP contribution in [0.25, 0.3) is 0 Å². The van der Waals surface area contributed by atoms with Crippen molar-refractivity contribution in [2.45, 2.75) is 45.6 Å². The van der Waals surface area contributed by atoms with Crippen LogP contribution >= 0.6 is 0 Å². The van der Waals surface area contributed by atoms with E-state index in [9.17, 15) is 23.3 Å². The monoisotopic (exact) mass is 405 g/mol. The SMILES string of the molecule is Cc1cc(C)c(C)c(S(=O)(=O)N[C@@H](C)C(=O)Nc2cccc([N+](=O)[O-])c2)c1C. The summed E-state index contributed by atoms with van der Waals surface area (Å²) in [6.07, 6.45) is 0. The highest BCUT2D eigenvalue weighted by atomic mass is 32.2. The van der Waals surface area contributed by atoms with Gasteiger partial charge >= 0.3 is 0 Å². The number of sulfonamides is 1. The molecular formula is C19H23N3O5S. The van der Waals surface area contributed by atoms with Crippen molar-refractivity contribution in [3.63, 3.8) is 0 Å². The second-order valence-electron chi connectivity index (χ2n) is 6.73. The minimum atomic E-state index is -3.94. The lowest BCUT2D eigenvalue weighted by atomic mass is 10.0. The van der Waals surface area contributed by atoms with Crippen molar-refractivity contribution in [1.29, 1.82) is 0 Å². The van der Waals surface area contributed by atoms with E-state index in [1.54, 1.807) is 13.8 Å². The zero-order chi connectivity index (χ0) is 21.2. The molecule has 1 atom stereocenters. The van der Waals surface area contributed by atoms with Crippen molar-refractivity contribution < 1.29 is 18.1 Å². The van der Waals surface area contributed by atoms with E-state index < -0.39 is 26.9 Å². The molecule has 0 aliphatic rings. The lowest BCUT2D eigenvalue weighted by Gasteiger charge is -2.19. The molecule has 0 aromatic heterocycles.